The first-order valence-electron chi connectivity index (χ1n) is 7.61. The summed E-state index contributed by atoms with van der Waals surface area (Å²) in [6.07, 6.45) is 5.35. The molecule has 2 aromatic carbocycles. The fraction of sp³-hybridized carbons (Fsp3) is 0.222. The molecular weight excluding hydrogens is 356 g/mol. The van der Waals surface area contributed by atoms with Crippen LogP contribution in [-0.2, 0) is 0 Å². The molecule has 2 aliphatic rings. The normalized spacial score (nSPS) is 24.7. The largest absolute Gasteiger partial charge is 0.376 e. The van der Waals surface area contributed by atoms with Gasteiger partial charge in [0.25, 0.3) is 5.69 Å². The Morgan fingerprint density at radius 1 is 1.13 bits per heavy atom. The molecule has 1 heterocycles. The zero-order chi connectivity index (χ0) is 16.0. The third kappa shape index (κ3) is 2.27. The zero-order valence-electron chi connectivity index (χ0n) is 12.3. The van der Waals surface area contributed by atoms with E-state index in [1.165, 1.54) is 5.56 Å². The minimum absolute atomic E-state index is 0.0669. The van der Waals surface area contributed by atoms with Gasteiger partial charge in [-0.25, -0.2) is 0 Å². The topological polar surface area (TPSA) is 55.2 Å². The third-order valence-corrected chi connectivity index (χ3v) is 5.48. The first-order chi connectivity index (χ1) is 11.2. The summed E-state index contributed by atoms with van der Waals surface area (Å²) in [6, 6.07) is 13.2. The van der Waals surface area contributed by atoms with Crippen molar-refractivity contribution in [1.29, 1.82) is 0 Å². The Hall–Kier alpha value is -2.14. The van der Waals surface area contributed by atoms with Gasteiger partial charge in [-0.3, -0.25) is 10.1 Å². The van der Waals surface area contributed by atoms with E-state index in [9.17, 15) is 10.1 Å². The minimum atomic E-state index is -0.288. The predicted octanol–water partition coefficient (Wildman–Crippen LogP) is 5.18. The fourth-order valence-corrected chi connectivity index (χ4v) is 4.30. The molecule has 1 aliphatic heterocycles. The quantitative estimate of drug-likeness (QED) is 0.449. The van der Waals surface area contributed by atoms with Crippen LogP contribution in [0.4, 0.5) is 11.4 Å². The highest BCUT2D eigenvalue weighted by molar-refractivity contribution is 9.10. The second kappa shape index (κ2) is 5.49. The molecule has 0 saturated carbocycles. The summed E-state index contributed by atoms with van der Waals surface area (Å²) in [6.45, 7) is 0. The van der Waals surface area contributed by atoms with Crippen LogP contribution in [0.15, 0.2) is 59.1 Å². The van der Waals surface area contributed by atoms with Gasteiger partial charge >= 0.3 is 0 Å². The maximum Gasteiger partial charge on any atom is 0.274 e. The molecule has 0 bridgehead atoms. The van der Waals surface area contributed by atoms with Crippen molar-refractivity contribution in [2.45, 2.75) is 18.4 Å². The third-order valence-electron chi connectivity index (χ3n) is 4.81. The van der Waals surface area contributed by atoms with Crippen molar-refractivity contribution in [2.75, 3.05) is 5.32 Å². The van der Waals surface area contributed by atoms with Crippen LogP contribution < -0.4 is 5.32 Å². The van der Waals surface area contributed by atoms with E-state index in [2.05, 4.69) is 39.5 Å². The molecular formula is C18H15BrN2O2. The SMILES string of the molecule is O=[N+]([O-])c1ccccc1[C@H]1Nc2c(Br)cccc2[C@@H]2C=CC[C@H]12. The monoisotopic (exact) mass is 370 g/mol. The first kappa shape index (κ1) is 14.5. The summed E-state index contributed by atoms with van der Waals surface area (Å²) in [5, 5.41) is 15.0. The molecule has 5 heteroatoms. The van der Waals surface area contributed by atoms with Gasteiger partial charge in [0.1, 0.15) is 0 Å². The predicted molar refractivity (Wildman–Crippen MR) is 93.6 cm³/mol. The maximum absolute atomic E-state index is 11.4. The van der Waals surface area contributed by atoms with Crippen LogP contribution in [-0.4, -0.2) is 4.92 Å². The fourth-order valence-electron chi connectivity index (χ4n) is 3.81. The number of anilines is 1. The van der Waals surface area contributed by atoms with Crippen LogP contribution in [0.1, 0.15) is 29.5 Å². The van der Waals surface area contributed by atoms with Crippen LogP contribution >= 0.6 is 15.9 Å². The van der Waals surface area contributed by atoms with E-state index in [-0.39, 0.29) is 16.7 Å². The molecule has 2 aromatic rings. The van der Waals surface area contributed by atoms with E-state index in [0.29, 0.717) is 11.8 Å². The second-order valence-electron chi connectivity index (χ2n) is 6.00. The molecule has 0 aromatic heterocycles. The number of hydrogen-bond acceptors (Lipinski definition) is 3. The Morgan fingerprint density at radius 2 is 1.91 bits per heavy atom. The van der Waals surface area contributed by atoms with Crippen LogP contribution in [0.3, 0.4) is 0 Å². The van der Waals surface area contributed by atoms with E-state index in [0.717, 1.165) is 22.1 Å². The number of halogens is 1. The van der Waals surface area contributed by atoms with E-state index in [1.54, 1.807) is 12.1 Å². The van der Waals surface area contributed by atoms with Gasteiger partial charge in [0.2, 0.25) is 0 Å². The molecule has 4 rings (SSSR count). The number of benzene rings is 2. The average molecular weight is 371 g/mol. The van der Waals surface area contributed by atoms with Crippen LogP contribution in [0.5, 0.6) is 0 Å². The number of nitrogens with one attached hydrogen (secondary N) is 1. The number of nitro benzene ring substituents is 1. The summed E-state index contributed by atoms with van der Waals surface area (Å²) in [5.74, 6) is 0.603. The lowest BCUT2D eigenvalue weighted by molar-refractivity contribution is -0.385. The highest BCUT2D eigenvalue weighted by atomic mass is 79.9. The lowest BCUT2D eigenvalue weighted by Crippen LogP contribution is -2.29. The summed E-state index contributed by atoms with van der Waals surface area (Å²) >= 11 is 3.61. The second-order valence-corrected chi connectivity index (χ2v) is 6.85. The Bertz CT molecular complexity index is 818. The molecule has 0 unspecified atom stereocenters. The highest BCUT2D eigenvalue weighted by Crippen LogP contribution is 2.52. The Morgan fingerprint density at radius 3 is 2.74 bits per heavy atom. The molecule has 23 heavy (non-hydrogen) atoms. The number of fused-ring (bicyclic) bond motifs is 3. The van der Waals surface area contributed by atoms with Gasteiger partial charge in [-0.05, 0) is 39.9 Å². The van der Waals surface area contributed by atoms with E-state index >= 15 is 0 Å². The number of nitrogens with zero attached hydrogens (tertiary/aromatic N) is 1. The molecule has 3 atom stereocenters. The number of allylic oxidation sites excluding steroid dienone is 2. The van der Waals surface area contributed by atoms with Gasteiger partial charge in [0.15, 0.2) is 0 Å². The lowest BCUT2D eigenvalue weighted by Gasteiger charge is -2.37. The van der Waals surface area contributed by atoms with Crippen molar-refractivity contribution < 1.29 is 4.92 Å². The molecule has 0 radical (unpaired) electrons. The van der Waals surface area contributed by atoms with Crippen molar-refractivity contribution >= 4 is 27.3 Å². The smallest absolute Gasteiger partial charge is 0.274 e. The van der Waals surface area contributed by atoms with Gasteiger partial charge in [-0.15, -0.1) is 0 Å². The molecule has 0 saturated heterocycles. The maximum atomic E-state index is 11.4. The average Bonchev–Trinajstić information content (AvgIpc) is 3.04. The Kier molecular flexibility index (Phi) is 3.45. The molecule has 1 aliphatic carbocycles. The summed E-state index contributed by atoms with van der Waals surface area (Å²) in [7, 11) is 0. The molecule has 4 nitrogen and oxygen atoms in total. The first-order valence-corrected chi connectivity index (χ1v) is 8.41. The van der Waals surface area contributed by atoms with Gasteiger partial charge in [-0.2, -0.15) is 0 Å². The van der Waals surface area contributed by atoms with Crippen LogP contribution in [0.2, 0.25) is 0 Å². The zero-order valence-corrected chi connectivity index (χ0v) is 13.9. The van der Waals surface area contributed by atoms with Crippen molar-refractivity contribution in [3.8, 4) is 0 Å². The van der Waals surface area contributed by atoms with Crippen LogP contribution in [0.25, 0.3) is 0 Å². The Balaban J connectivity index is 1.86. The summed E-state index contributed by atoms with van der Waals surface area (Å²) < 4.78 is 0.998. The Labute approximate surface area is 142 Å². The van der Waals surface area contributed by atoms with E-state index < -0.39 is 0 Å². The standard InChI is InChI=1S/C18H15BrN2O2/c19-15-9-4-8-13-11-6-3-7-12(11)17(20-18(13)15)14-5-1-2-10-16(14)21(22)23/h1-6,8-12,17,20H,7H2/t11-,12+,17+/m1/s1. The van der Waals surface area contributed by atoms with Crippen molar-refractivity contribution in [3.05, 3.63) is 80.3 Å². The van der Waals surface area contributed by atoms with Gasteiger partial charge < -0.3 is 5.32 Å². The van der Waals surface area contributed by atoms with Gasteiger partial charge in [0.05, 0.1) is 22.2 Å². The summed E-state index contributed by atoms with van der Waals surface area (Å²) in [5.41, 5.74) is 3.25. The summed E-state index contributed by atoms with van der Waals surface area (Å²) in [4.78, 5) is 11.1. The van der Waals surface area contributed by atoms with Crippen molar-refractivity contribution in [3.63, 3.8) is 0 Å². The van der Waals surface area contributed by atoms with Crippen LogP contribution in [0, 0.1) is 16.0 Å². The highest BCUT2D eigenvalue weighted by Gasteiger charge is 2.40. The number of nitro groups is 1. The van der Waals surface area contributed by atoms with Gasteiger partial charge in [0, 0.05) is 16.5 Å². The molecule has 1 N–H and O–H groups in total. The molecule has 0 fully saturated rings. The number of rotatable bonds is 2. The molecule has 0 amide bonds. The minimum Gasteiger partial charge on any atom is -0.376 e. The van der Waals surface area contributed by atoms with E-state index in [4.69, 9.17) is 0 Å². The van der Waals surface area contributed by atoms with Gasteiger partial charge in [-0.1, -0.05) is 42.5 Å². The van der Waals surface area contributed by atoms with E-state index in [1.807, 2.05) is 24.3 Å². The number of hydrogen-bond donors (Lipinski definition) is 1. The molecule has 0 spiro atoms. The van der Waals surface area contributed by atoms with Crippen molar-refractivity contribution in [2.24, 2.45) is 5.92 Å². The number of para-hydroxylation sites is 2. The van der Waals surface area contributed by atoms with Crippen molar-refractivity contribution in [1.82, 2.24) is 0 Å². The molecule has 116 valence electrons. The lowest BCUT2D eigenvalue weighted by atomic mass is 9.77.